The monoisotopic (exact) mass is 237 g/mol. The second kappa shape index (κ2) is 8.09. The predicted octanol–water partition coefficient (Wildman–Crippen LogP) is 2.39. The van der Waals surface area contributed by atoms with Crippen molar-refractivity contribution >= 4 is 0 Å². The first-order valence-electron chi connectivity index (χ1n) is 6.19. The minimum absolute atomic E-state index is 0.216. The molecule has 0 aliphatic carbocycles. The van der Waals surface area contributed by atoms with Gasteiger partial charge in [-0.25, -0.2) is 0 Å². The zero-order valence-electron chi connectivity index (χ0n) is 11.0. The van der Waals surface area contributed by atoms with E-state index in [9.17, 15) is 0 Å². The molecule has 17 heavy (non-hydrogen) atoms. The van der Waals surface area contributed by atoms with Crippen molar-refractivity contribution in [2.75, 3.05) is 26.8 Å². The Morgan fingerprint density at radius 3 is 2.71 bits per heavy atom. The van der Waals surface area contributed by atoms with Crippen LogP contribution in [0.15, 0.2) is 24.3 Å². The van der Waals surface area contributed by atoms with Gasteiger partial charge >= 0.3 is 0 Å². The minimum Gasteiger partial charge on any atom is -0.489 e. The Kier molecular flexibility index (Phi) is 6.67. The number of hydrogen-bond donors (Lipinski definition) is 1. The van der Waals surface area contributed by atoms with Crippen LogP contribution in [0.25, 0.3) is 0 Å². The molecule has 3 nitrogen and oxygen atoms in total. The number of aryl methyl sites for hydroxylation is 1. The summed E-state index contributed by atoms with van der Waals surface area (Å²) in [5.41, 5.74) is 1.18. The van der Waals surface area contributed by atoms with Gasteiger partial charge in [-0.1, -0.05) is 25.1 Å². The van der Waals surface area contributed by atoms with Crippen molar-refractivity contribution < 1.29 is 9.47 Å². The lowest BCUT2D eigenvalue weighted by molar-refractivity contribution is 0.173. The molecule has 0 heterocycles. The highest BCUT2D eigenvalue weighted by Gasteiger charge is 2.08. The molecule has 0 amide bonds. The van der Waals surface area contributed by atoms with E-state index in [1.165, 1.54) is 5.56 Å². The van der Waals surface area contributed by atoms with Crippen molar-refractivity contribution in [1.29, 1.82) is 0 Å². The van der Waals surface area contributed by atoms with E-state index in [-0.39, 0.29) is 6.10 Å². The summed E-state index contributed by atoms with van der Waals surface area (Å²) in [7, 11) is 1.71. The standard InChI is InChI=1S/C14H23NO2/c1-4-13(11-15-9-10-16-3)17-14-8-6-5-7-12(14)2/h5-8,13,15H,4,9-11H2,1-3H3. The van der Waals surface area contributed by atoms with Gasteiger partial charge in [0.1, 0.15) is 11.9 Å². The predicted molar refractivity (Wildman–Crippen MR) is 70.6 cm³/mol. The van der Waals surface area contributed by atoms with Gasteiger partial charge in [0.15, 0.2) is 0 Å². The first kappa shape index (κ1) is 14.0. The zero-order valence-corrected chi connectivity index (χ0v) is 11.0. The summed E-state index contributed by atoms with van der Waals surface area (Å²) in [4.78, 5) is 0. The molecule has 3 heteroatoms. The van der Waals surface area contributed by atoms with Gasteiger partial charge in [0.2, 0.25) is 0 Å². The average Bonchev–Trinajstić information content (AvgIpc) is 2.35. The van der Waals surface area contributed by atoms with Crippen molar-refractivity contribution in [2.45, 2.75) is 26.4 Å². The van der Waals surface area contributed by atoms with Gasteiger partial charge in [-0.15, -0.1) is 0 Å². The van der Waals surface area contributed by atoms with Crippen molar-refractivity contribution in [1.82, 2.24) is 5.32 Å². The SMILES string of the molecule is CCC(CNCCOC)Oc1ccccc1C. The van der Waals surface area contributed by atoms with Crippen molar-refractivity contribution in [3.63, 3.8) is 0 Å². The fourth-order valence-electron chi connectivity index (χ4n) is 1.57. The number of ether oxygens (including phenoxy) is 2. The molecule has 0 bridgehead atoms. The number of methoxy groups -OCH3 is 1. The van der Waals surface area contributed by atoms with E-state index in [1.807, 2.05) is 18.2 Å². The number of para-hydroxylation sites is 1. The summed E-state index contributed by atoms with van der Waals surface area (Å²) in [6.45, 7) is 6.67. The summed E-state index contributed by atoms with van der Waals surface area (Å²) in [6.07, 6.45) is 1.21. The van der Waals surface area contributed by atoms with E-state index in [1.54, 1.807) is 7.11 Å². The van der Waals surface area contributed by atoms with Gasteiger partial charge in [0.05, 0.1) is 6.61 Å². The maximum absolute atomic E-state index is 5.97. The van der Waals surface area contributed by atoms with Crippen LogP contribution in [0.3, 0.4) is 0 Å². The highest BCUT2D eigenvalue weighted by molar-refractivity contribution is 5.31. The highest BCUT2D eigenvalue weighted by atomic mass is 16.5. The lowest BCUT2D eigenvalue weighted by Gasteiger charge is -2.19. The van der Waals surface area contributed by atoms with Crippen LogP contribution >= 0.6 is 0 Å². The molecule has 0 aliphatic rings. The van der Waals surface area contributed by atoms with Gasteiger partial charge in [-0.2, -0.15) is 0 Å². The highest BCUT2D eigenvalue weighted by Crippen LogP contribution is 2.18. The van der Waals surface area contributed by atoms with Gasteiger partial charge in [-0.3, -0.25) is 0 Å². The third kappa shape index (κ3) is 5.20. The maximum atomic E-state index is 5.97. The number of hydrogen-bond acceptors (Lipinski definition) is 3. The lowest BCUT2D eigenvalue weighted by Crippen LogP contribution is -2.32. The number of nitrogens with one attached hydrogen (secondary N) is 1. The van der Waals surface area contributed by atoms with Crippen LogP contribution in [0.5, 0.6) is 5.75 Å². The third-order valence-corrected chi connectivity index (χ3v) is 2.70. The number of rotatable bonds is 8. The van der Waals surface area contributed by atoms with Crippen LogP contribution in [-0.4, -0.2) is 32.9 Å². The molecule has 1 aromatic rings. The van der Waals surface area contributed by atoms with Crippen LogP contribution in [0.1, 0.15) is 18.9 Å². The fourth-order valence-corrected chi connectivity index (χ4v) is 1.57. The lowest BCUT2D eigenvalue weighted by atomic mass is 10.2. The molecule has 96 valence electrons. The molecule has 1 unspecified atom stereocenters. The smallest absolute Gasteiger partial charge is 0.122 e. The fraction of sp³-hybridized carbons (Fsp3) is 0.571. The molecule has 1 aromatic carbocycles. The van der Waals surface area contributed by atoms with E-state index < -0.39 is 0 Å². The van der Waals surface area contributed by atoms with E-state index >= 15 is 0 Å². The van der Waals surface area contributed by atoms with Crippen LogP contribution in [0.4, 0.5) is 0 Å². The van der Waals surface area contributed by atoms with E-state index in [2.05, 4.69) is 25.2 Å². The van der Waals surface area contributed by atoms with Gasteiger partial charge in [0, 0.05) is 20.2 Å². The van der Waals surface area contributed by atoms with Crippen LogP contribution in [0, 0.1) is 6.92 Å². The third-order valence-electron chi connectivity index (χ3n) is 2.70. The first-order valence-corrected chi connectivity index (χ1v) is 6.19. The second-order valence-electron chi connectivity index (χ2n) is 4.11. The molecular weight excluding hydrogens is 214 g/mol. The van der Waals surface area contributed by atoms with Crippen LogP contribution in [-0.2, 0) is 4.74 Å². The summed E-state index contributed by atoms with van der Waals surface area (Å²) in [5.74, 6) is 0.980. The molecule has 0 spiro atoms. The Balaban J connectivity index is 2.38. The van der Waals surface area contributed by atoms with Crippen LogP contribution in [0.2, 0.25) is 0 Å². The van der Waals surface area contributed by atoms with Crippen molar-refractivity contribution in [3.05, 3.63) is 29.8 Å². The minimum atomic E-state index is 0.216. The summed E-state index contributed by atoms with van der Waals surface area (Å²) >= 11 is 0. The van der Waals surface area contributed by atoms with E-state index in [0.29, 0.717) is 0 Å². The Morgan fingerprint density at radius 2 is 2.06 bits per heavy atom. The molecule has 1 N–H and O–H groups in total. The largest absolute Gasteiger partial charge is 0.489 e. The Bertz CT molecular complexity index is 315. The van der Waals surface area contributed by atoms with Crippen molar-refractivity contribution in [3.8, 4) is 5.75 Å². The van der Waals surface area contributed by atoms with E-state index in [0.717, 1.165) is 31.9 Å². The molecule has 1 rings (SSSR count). The number of benzene rings is 1. The average molecular weight is 237 g/mol. The first-order chi connectivity index (χ1) is 8.27. The Labute approximate surface area is 104 Å². The molecule has 0 aromatic heterocycles. The quantitative estimate of drug-likeness (QED) is 0.704. The molecule has 0 fully saturated rings. The maximum Gasteiger partial charge on any atom is 0.122 e. The Morgan fingerprint density at radius 1 is 1.29 bits per heavy atom. The summed E-state index contributed by atoms with van der Waals surface area (Å²) < 4.78 is 11.0. The Hall–Kier alpha value is -1.06. The van der Waals surface area contributed by atoms with Gasteiger partial charge < -0.3 is 14.8 Å². The molecule has 0 saturated heterocycles. The summed E-state index contributed by atoms with van der Waals surface area (Å²) in [5, 5.41) is 3.33. The molecule has 0 radical (unpaired) electrons. The molecule has 0 aliphatic heterocycles. The normalized spacial score (nSPS) is 12.4. The van der Waals surface area contributed by atoms with Gasteiger partial charge in [-0.05, 0) is 25.0 Å². The summed E-state index contributed by atoms with van der Waals surface area (Å²) in [6, 6.07) is 8.13. The second-order valence-corrected chi connectivity index (χ2v) is 4.11. The molecule has 0 saturated carbocycles. The van der Waals surface area contributed by atoms with Gasteiger partial charge in [0.25, 0.3) is 0 Å². The molecule has 1 atom stereocenters. The zero-order chi connectivity index (χ0) is 12.5. The topological polar surface area (TPSA) is 30.5 Å². The molecular formula is C14H23NO2. The van der Waals surface area contributed by atoms with Crippen LogP contribution < -0.4 is 10.1 Å². The van der Waals surface area contributed by atoms with Crippen molar-refractivity contribution in [2.24, 2.45) is 0 Å². The van der Waals surface area contributed by atoms with E-state index in [4.69, 9.17) is 9.47 Å².